The molecular formula is C21H23ClN2O3. The maximum absolute atomic E-state index is 12.8. The highest BCUT2D eigenvalue weighted by molar-refractivity contribution is 6.30. The maximum atomic E-state index is 12.8. The van der Waals surface area contributed by atoms with E-state index in [4.69, 9.17) is 16.3 Å². The van der Waals surface area contributed by atoms with E-state index in [1.54, 1.807) is 48.5 Å². The minimum atomic E-state index is -1.01. The molecule has 1 unspecified atom stereocenters. The lowest BCUT2D eigenvalue weighted by Gasteiger charge is -2.12. The van der Waals surface area contributed by atoms with Gasteiger partial charge in [-0.05, 0) is 61.9 Å². The standard InChI is InChI=1S/C21H23ClN2O3/c1-3-13-23-21(26)19(20(25)15-5-7-16(22)8-6-15)14-24-17-9-11-18(12-10-17)27-4-2/h5-12,14,19H,3-4,13H2,1-2H3,(H,23,26). The zero-order chi connectivity index (χ0) is 19.6. The Bertz CT molecular complexity index is 786. The van der Waals surface area contributed by atoms with E-state index in [0.717, 1.165) is 12.2 Å². The van der Waals surface area contributed by atoms with Crippen LogP contribution in [0.5, 0.6) is 5.75 Å². The molecule has 2 aromatic carbocycles. The first-order chi connectivity index (χ1) is 13.0. The van der Waals surface area contributed by atoms with Gasteiger partial charge in [-0.25, -0.2) is 0 Å². The average molecular weight is 387 g/mol. The normalized spacial score (nSPS) is 12.0. The third-order valence-corrected chi connectivity index (χ3v) is 4.02. The maximum Gasteiger partial charge on any atom is 0.236 e. The van der Waals surface area contributed by atoms with Gasteiger partial charge in [0.05, 0.1) is 12.3 Å². The number of rotatable bonds is 9. The lowest BCUT2D eigenvalue weighted by molar-refractivity contribution is -0.121. The fourth-order valence-electron chi connectivity index (χ4n) is 2.36. The van der Waals surface area contributed by atoms with Crippen molar-refractivity contribution in [3.8, 4) is 5.75 Å². The average Bonchev–Trinajstić information content (AvgIpc) is 2.68. The van der Waals surface area contributed by atoms with Gasteiger partial charge in [-0.1, -0.05) is 18.5 Å². The number of halogens is 1. The molecule has 0 aliphatic rings. The topological polar surface area (TPSA) is 67.8 Å². The Kier molecular flexibility index (Phi) is 8.01. The molecule has 6 heteroatoms. The highest BCUT2D eigenvalue weighted by Gasteiger charge is 2.25. The molecule has 0 heterocycles. The predicted molar refractivity (Wildman–Crippen MR) is 108 cm³/mol. The Morgan fingerprint density at radius 3 is 2.37 bits per heavy atom. The lowest BCUT2D eigenvalue weighted by Crippen LogP contribution is -2.36. The van der Waals surface area contributed by atoms with Crippen LogP contribution in [0.1, 0.15) is 30.6 Å². The molecule has 0 aromatic heterocycles. The molecule has 0 aliphatic carbocycles. The van der Waals surface area contributed by atoms with Crippen molar-refractivity contribution in [3.63, 3.8) is 0 Å². The van der Waals surface area contributed by atoms with E-state index in [1.807, 2.05) is 13.8 Å². The van der Waals surface area contributed by atoms with Crippen molar-refractivity contribution in [2.24, 2.45) is 10.9 Å². The van der Waals surface area contributed by atoms with Crippen molar-refractivity contribution in [2.45, 2.75) is 20.3 Å². The molecule has 0 fully saturated rings. The number of hydrogen-bond acceptors (Lipinski definition) is 4. The number of ketones is 1. The summed E-state index contributed by atoms with van der Waals surface area (Å²) in [5.74, 6) is -0.961. The Morgan fingerprint density at radius 1 is 1.11 bits per heavy atom. The van der Waals surface area contributed by atoms with Crippen LogP contribution < -0.4 is 10.1 Å². The van der Waals surface area contributed by atoms with Gasteiger partial charge in [-0.15, -0.1) is 0 Å². The van der Waals surface area contributed by atoms with Crippen molar-refractivity contribution >= 4 is 35.2 Å². The van der Waals surface area contributed by atoms with Crippen LogP contribution in [0, 0.1) is 5.92 Å². The highest BCUT2D eigenvalue weighted by Crippen LogP contribution is 2.19. The van der Waals surface area contributed by atoms with E-state index in [9.17, 15) is 9.59 Å². The molecule has 1 amide bonds. The number of hydrogen-bond donors (Lipinski definition) is 1. The zero-order valence-electron chi connectivity index (χ0n) is 15.4. The molecule has 5 nitrogen and oxygen atoms in total. The second-order valence-corrected chi connectivity index (χ2v) is 6.28. The van der Waals surface area contributed by atoms with Crippen molar-refractivity contribution < 1.29 is 14.3 Å². The molecule has 1 N–H and O–H groups in total. The van der Waals surface area contributed by atoms with Gasteiger partial charge in [0.2, 0.25) is 5.91 Å². The highest BCUT2D eigenvalue weighted by atomic mass is 35.5. The number of carbonyl (C=O) groups is 2. The number of aliphatic imine (C=N–C) groups is 1. The SMILES string of the molecule is CCCNC(=O)C(C=Nc1ccc(OCC)cc1)C(=O)c1ccc(Cl)cc1. The molecule has 2 aromatic rings. The summed E-state index contributed by atoms with van der Waals surface area (Å²) in [6, 6.07) is 13.6. The molecule has 0 saturated heterocycles. The van der Waals surface area contributed by atoms with Gasteiger partial charge in [-0.2, -0.15) is 0 Å². The largest absolute Gasteiger partial charge is 0.494 e. The second-order valence-electron chi connectivity index (χ2n) is 5.84. The van der Waals surface area contributed by atoms with Crippen LogP contribution in [-0.4, -0.2) is 31.1 Å². The van der Waals surface area contributed by atoms with E-state index in [2.05, 4.69) is 10.3 Å². The number of benzene rings is 2. The summed E-state index contributed by atoms with van der Waals surface area (Å²) in [5, 5.41) is 3.29. The Morgan fingerprint density at radius 2 is 1.78 bits per heavy atom. The van der Waals surface area contributed by atoms with Gasteiger partial charge in [-0.3, -0.25) is 14.6 Å². The van der Waals surface area contributed by atoms with E-state index in [0.29, 0.717) is 29.4 Å². The Labute approximate surface area is 164 Å². The summed E-state index contributed by atoms with van der Waals surface area (Å²) in [6.45, 7) is 4.94. The minimum absolute atomic E-state index is 0.324. The minimum Gasteiger partial charge on any atom is -0.494 e. The van der Waals surface area contributed by atoms with Gasteiger partial charge >= 0.3 is 0 Å². The smallest absolute Gasteiger partial charge is 0.236 e. The fraction of sp³-hybridized carbons (Fsp3) is 0.286. The lowest BCUT2D eigenvalue weighted by atomic mass is 9.97. The van der Waals surface area contributed by atoms with E-state index >= 15 is 0 Å². The van der Waals surface area contributed by atoms with Crippen molar-refractivity contribution in [1.29, 1.82) is 0 Å². The third kappa shape index (κ3) is 6.22. The van der Waals surface area contributed by atoms with Gasteiger partial charge in [0.15, 0.2) is 5.78 Å². The summed E-state index contributed by atoms with van der Waals surface area (Å²) in [4.78, 5) is 29.6. The van der Waals surface area contributed by atoms with Crippen LogP contribution in [-0.2, 0) is 4.79 Å². The van der Waals surface area contributed by atoms with Gasteiger partial charge in [0.1, 0.15) is 11.7 Å². The fourth-order valence-corrected chi connectivity index (χ4v) is 2.49. The van der Waals surface area contributed by atoms with Crippen molar-refractivity contribution in [3.05, 3.63) is 59.1 Å². The number of ether oxygens (including phenoxy) is 1. The molecule has 0 spiro atoms. The van der Waals surface area contributed by atoms with Crippen LogP contribution >= 0.6 is 11.6 Å². The zero-order valence-corrected chi connectivity index (χ0v) is 16.2. The molecule has 27 heavy (non-hydrogen) atoms. The van der Waals surface area contributed by atoms with E-state index in [1.165, 1.54) is 6.21 Å². The van der Waals surface area contributed by atoms with Crippen LogP contribution in [0.15, 0.2) is 53.5 Å². The number of carbonyl (C=O) groups excluding carboxylic acids is 2. The Balaban J connectivity index is 2.22. The molecule has 142 valence electrons. The second kappa shape index (κ2) is 10.5. The van der Waals surface area contributed by atoms with Gasteiger partial charge in [0, 0.05) is 23.3 Å². The first-order valence-electron chi connectivity index (χ1n) is 8.89. The molecular weight excluding hydrogens is 364 g/mol. The summed E-state index contributed by atoms with van der Waals surface area (Å²) < 4.78 is 5.39. The third-order valence-electron chi connectivity index (χ3n) is 3.76. The molecule has 0 saturated carbocycles. The first-order valence-corrected chi connectivity index (χ1v) is 9.27. The molecule has 0 aliphatic heterocycles. The first kappa shape index (κ1) is 20.6. The van der Waals surface area contributed by atoms with Crippen LogP contribution in [0.2, 0.25) is 5.02 Å². The predicted octanol–water partition coefficient (Wildman–Crippen LogP) is 4.47. The van der Waals surface area contributed by atoms with Gasteiger partial charge < -0.3 is 10.1 Å². The van der Waals surface area contributed by atoms with Crippen LogP contribution in [0.3, 0.4) is 0 Å². The van der Waals surface area contributed by atoms with E-state index < -0.39 is 5.92 Å². The number of amides is 1. The summed E-state index contributed by atoms with van der Waals surface area (Å²) in [7, 11) is 0. The number of nitrogens with zero attached hydrogens (tertiary/aromatic N) is 1. The molecule has 0 bridgehead atoms. The summed E-state index contributed by atoms with van der Waals surface area (Å²) in [6.07, 6.45) is 2.17. The van der Waals surface area contributed by atoms with Crippen molar-refractivity contribution in [1.82, 2.24) is 5.32 Å². The van der Waals surface area contributed by atoms with Crippen LogP contribution in [0.25, 0.3) is 0 Å². The summed E-state index contributed by atoms with van der Waals surface area (Å²) >= 11 is 5.88. The Hall–Kier alpha value is -2.66. The number of Topliss-reactive ketones (excluding diaryl/α,β-unsaturated/α-hetero) is 1. The molecule has 1 atom stereocenters. The quantitative estimate of drug-likeness (QED) is 0.393. The molecule has 2 rings (SSSR count). The molecule has 0 radical (unpaired) electrons. The van der Waals surface area contributed by atoms with Gasteiger partial charge in [0.25, 0.3) is 0 Å². The monoisotopic (exact) mass is 386 g/mol. The van der Waals surface area contributed by atoms with Crippen molar-refractivity contribution in [2.75, 3.05) is 13.2 Å². The number of nitrogens with one attached hydrogen (secondary N) is 1. The van der Waals surface area contributed by atoms with E-state index in [-0.39, 0.29) is 11.7 Å². The summed E-state index contributed by atoms with van der Waals surface area (Å²) in [5.41, 5.74) is 1.05. The van der Waals surface area contributed by atoms with Crippen LogP contribution in [0.4, 0.5) is 5.69 Å².